The topological polar surface area (TPSA) is 68.0 Å². The van der Waals surface area contributed by atoms with Crippen LogP contribution in [-0.2, 0) is 11.2 Å². The third-order valence-electron chi connectivity index (χ3n) is 2.20. The molecule has 0 aliphatic carbocycles. The fourth-order valence-corrected chi connectivity index (χ4v) is 1.07. The Labute approximate surface area is 82.7 Å². The number of carbonyl (C=O) groups is 1. The second-order valence-corrected chi connectivity index (χ2v) is 3.34. The van der Waals surface area contributed by atoms with E-state index in [4.69, 9.17) is 5.11 Å². The van der Waals surface area contributed by atoms with Gasteiger partial charge < -0.3 is 5.11 Å². The first-order chi connectivity index (χ1) is 6.63. The van der Waals surface area contributed by atoms with Crippen molar-refractivity contribution in [3.63, 3.8) is 0 Å². The summed E-state index contributed by atoms with van der Waals surface area (Å²) in [7, 11) is 0. The monoisotopic (exact) mass is 197 g/mol. The Morgan fingerprint density at radius 2 is 2.43 bits per heavy atom. The molecule has 1 unspecified atom stereocenters. The predicted octanol–water partition coefficient (Wildman–Crippen LogP) is 1.27. The average Bonchev–Trinajstić information content (AvgIpc) is 2.62. The van der Waals surface area contributed by atoms with Crippen molar-refractivity contribution in [1.29, 1.82) is 0 Å². The molecule has 0 aliphatic rings. The third-order valence-corrected chi connectivity index (χ3v) is 2.20. The van der Waals surface area contributed by atoms with Gasteiger partial charge in [-0.2, -0.15) is 0 Å². The van der Waals surface area contributed by atoms with Crippen LogP contribution in [0, 0.1) is 0 Å². The lowest BCUT2D eigenvalue weighted by atomic mass is 10.2. The van der Waals surface area contributed by atoms with Crippen molar-refractivity contribution in [3.05, 3.63) is 11.9 Å². The first kappa shape index (κ1) is 10.7. The molecule has 1 N–H and O–H groups in total. The molecule has 0 amide bonds. The van der Waals surface area contributed by atoms with Gasteiger partial charge in [0.05, 0.1) is 18.2 Å². The van der Waals surface area contributed by atoms with Crippen molar-refractivity contribution in [3.8, 4) is 0 Å². The summed E-state index contributed by atoms with van der Waals surface area (Å²) in [5.41, 5.74) is 0.743. The van der Waals surface area contributed by atoms with Gasteiger partial charge in [-0.25, -0.2) is 4.68 Å². The van der Waals surface area contributed by atoms with E-state index < -0.39 is 5.97 Å². The number of carboxylic acid groups (broad SMARTS) is 1. The Morgan fingerprint density at radius 1 is 1.71 bits per heavy atom. The number of hydrogen-bond donors (Lipinski definition) is 1. The fraction of sp³-hybridized carbons (Fsp3) is 0.667. The van der Waals surface area contributed by atoms with E-state index >= 15 is 0 Å². The van der Waals surface area contributed by atoms with Gasteiger partial charge in [-0.05, 0) is 13.3 Å². The quantitative estimate of drug-likeness (QED) is 0.771. The highest BCUT2D eigenvalue weighted by atomic mass is 16.4. The lowest BCUT2D eigenvalue weighted by molar-refractivity contribution is -0.136. The second kappa shape index (κ2) is 4.74. The zero-order valence-electron chi connectivity index (χ0n) is 8.47. The van der Waals surface area contributed by atoms with E-state index in [0.717, 1.165) is 12.1 Å². The summed E-state index contributed by atoms with van der Waals surface area (Å²) in [6.07, 6.45) is 3.36. The number of rotatable bonds is 5. The van der Waals surface area contributed by atoms with Crippen LogP contribution in [-0.4, -0.2) is 26.1 Å². The van der Waals surface area contributed by atoms with E-state index in [2.05, 4.69) is 24.2 Å². The van der Waals surface area contributed by atoms with E-state index in [1.807, 2.05) is 6.20 Å². The van der Waals surface area contributed by atoms with Crippen LogP contribution in [0.3, 0.4) is 0 Å². The molecule has 0 bridgehead atoms. The summed E-state index contributed by atoms with van der Waals surface area (Å²) in [5, 5.41) is 16.3. The summed E-state index contributed by atoms with van der Waals surface area (Å²) in [5.74, 6) is -0.803. The highest BCUT2D eigenvalue weighted by Gasteiger charge is 2.07. The molecular weight excluding hydrogens is 182 g/mol. The molecule has 0 aromatic carbocycles. The van der Waals surface area contributed by atoms with Crippen molar-refractivity contribution in [2.45, 2.75) is 39.2 Å². The predicted molar refractivity (Wildman–Crippen MR) is 51.0 cm³/mol. The zero-order valence-corrected chi connectivity index (χ0v) is 8.47. The molecule has 0 fully saturated rings. The molecule has 0 saturated carbocycles. The molecule has 1 aromatic rings. The van der Waals surface area contributed by atoms with Gasteiger partial charge in [0.15, 0.2) is 0 Å². The maximum atomic E-state index is 10.3. The van der Waals surface area contributed by atoms with Crippen LogP contribution in [0.1, 0.15) is 38.4 Å². The fourth-order valence-electron chi connectivity index (χ4n) is 1.07. The van der Waals surface area contributed by atoms with Gasteiger partial charge >= 0.3 is 5.97 Å². The van der Waals surface area contributed by atoms with Gasteiger partial charge in [-0.3, -0.25) is 4.79 Å². The van der Waals surface area contributed by atoms with Crippen molar-refractivity contribution >= 4 is 5.97 Å². The number of aryl methyl sites for hydroxylation is 1. The van der Waals surface area contributed by atoms with Crippen LogP contribution in [0.15, 0.2) is 6.20 Å². The maximum Gasteiger partial charge on any atom is 0.303 e. The number of carboxylic acids is 1. The molecule has 1 atom stereocenters. The van der Waals surface area contributed by atoms with Gasteiger partial charge in [-0.15, -0.1) is 5.10 Å². The van der Waals surface area contributed by atoms with E-state index in [-0.39, 0.29) is 6.42 Å². The minimum Gasteiger partial charge on any atom is -0.481 e. The molecule has 1 aromatic heterocycles. The number of aromatic nitrogens is 3. The molecule has 0 aliphatic heterocycles. The minimum atomic E-state index is -0.803. The summed E-state index contributed by atoms with van der Waals surface area (Å²) < 4.78 is 1.77. The van der Waals surface area contributed by atoms with E-state index in [0.29, 0.717) is 12.5 Å². The van der Waals surface area contributed by atoms with Gasteiger partial charge in [-0.1, -0.05) is 12.1 Å². The van der Waals surface area contributed by atoms with Crippen LogP contribution < -0.4 is 0 Å². The molecule has 0 radical (unpaired) electrons. The van der Waals surface area contributed by atoms with Gasteiger partial charge in [0.2, 0.25) is 0 Å². The third kappa shape index (κ3) is 2.83. The van der Waals surface area contributed by atoms with Crippen LogP contribution in [0.25, 0.3) is 0 Å². The Morgan fingerprint density at radius 3 is 3.00 bits per heavy atom. The van der Waals surface area contributed by atoms with Crippen LogP contribution in [0.2, 0.25) is 0 Å². The molecule has 1 heterocycles. The smallest absolute Gasteiger partial charge is 0.303 e. The average molecular weight is 197 g/mol. The molecule has 14 heavy (non-hydrogen) atoms. The lowest BCUT2D eigenvalue weighted by Gasteiger charge is -2.05. The maximum absolute atomic E-state index is 10.3. The van der Waals surface area contributed by atoms with Crippen molar-refractivity contribution < 1.29 is 9.90 Å². The van der Waals surface area contributed by atoms with E-state index in [1.165, 1.54) is 0 Å². The largest absolute Gasteiger partial charge is 0.481 e. The number of hydrogen-bond acceptors (Lipinski definition) is 3. The standard InChI is InChI=1S/C9H15N3O2/c1-3-7(2)12-6-8(10-11-12)4-5-9(13)14/h6-7H,3-5H2,1-2H3,(H,13,14). The molecule has 0 spiro atoms. The van der Waals surface area contributed by atoms with Crippen molar-refractivity contribution in [2.75, 3.05) is 0 Å². The minimum absolute atomic E-state index is 0.110. The molecule has 5 heteroatoms. The van der Waals surface area contributed by atoms with Gasteiger partial charge in [0, 0.05) is 12.6 Å². The highest BCUT2D eigenvalue weighted by Crippen LogP contribution is 2.08. The van der Waals surface area contributed by atoms with Crippen molar-refractivity contribution in [1.82, 2.24) is 15.0 Å². The first-order valence-electron chi connectivity index (χ1n) is 4.76. The van der Waals surface area contributed by atoms with Crippen LogP contribution in [0.4, 0.5) is 0 Å². The Kier molecular flexibility index (Phi) is 3.62. The van der Waals surface area contributed by atoms with E-state index in [1.54, 1.807) is 4.68 Å². The molecular formula is C9H15N3O2. The zero-order chi connectivity index (χ0) is 10.6. The summed E-state index contributed by atoms with van der Waals surface area (Å²) in [6, 6.07) is 0.320. The Hall–Kier alpha value is -1.39. The summed E-state index contributed by atoms with van der Waals surface area (Å²) >= 11 is 0. The van der Waals surface area contributed by atoms with E-state index in [9.17, 15) is 4.79 Å². The molecule has 0 saturated heterocycles. The van der Waals surface area contributed by atoms with Gasteiger partial charge in [0.25, 0.3) is 0 Å². The SMILES string of the molecule is CCC(C)n1cc(CCC(=O)O)nn1. The molecule has 78 valence electrons. The van der Waals surface area contributed by atoms with Crippen LogP contribution >= 0.6 is 0 Å². The molecule has 1 rings (SSSR count). The van der Waals surface area contributed by atoms with Crippen LogP contribution in [0.5, 0.6) is 0 Å². The Balaban J connectivity index is 2.54. The highest BCUT2D eigenvalue weighted by molar-refractivity contribution is 5.66. The second-order valence-electron chi connectivity index (χ2n) is 3.34. The van der Waals surface area contributed by atoms with Gasteiger partial charge in [0.1, 0.15) is 0 Å². The Bertz CT molecular complexity index is 309. The summed E-state index contributed by atoms with van der Waals surface area (Å²) in [6.45, 7) is 4.12. The lowest BCUT2D eigenvalue weighted by Crippen LogP contribution is -2.04. The molecule has 5 nitrogen and oxygen atoms in total. The normalized spacial score (nSPS) is 12.7. The summed E-state index contributed by atoms with van der Waals surface area (Å²) in [4.78, 5) is 10.3. The number of nitrogens with zero attached hydrogens (tertiary/aromatic N) is 3. The number of aliphatic carboxylic acids is 1. The van der Waals surface area contributed by atoms with Crippen molar-refractivity contribution in [2.24, 2.45) is 0 Å². The first-order valence-corrected chi connectivity index (χ1v) is 4.76.